The second-order valence-corrected chi connectivity index (χ2v) is 7.50. The van der Waals surface area contributed by atoms with Gasteiger partial charge in [-0.1, -0.05) is 60.1 Å². The van der Waals surface area contributed by atoms with E-state index in [0.717, 1.165) is 32.9 Å². The summed E-state index contributed by atoms with van der Waals surface area (Å²) in [6.45, 7) is 0. The summed E-state index contributed by atoms with van der Waals surface area (Å²) in [6, 6.07) is 24.6. The molecule has 5 aromatic rings. The van der Waals surface area contributed by atoms with E-state index >= 15 is 0 Å². The zero-order chi connectivity index (χ0) is 21.2. The zero-order valence-corrected chi connectivity index (χ0v) is 17.1. The van der Waals surface area contributed by atoms with Crippen LogP contribution in [0.4, 0.5) is 0 Å². The summed E-state index contributed by atoms with van der Waals surface area (Å²) in [7, 11) is 0. The highest BCUT2D eigenvalue weighted by molar-refractivity contribution is 6.30. The minimum atomic E-state index is -0.301. The van der Waals surface area contributed by atoms with Crippen LogP contribution in [-0.4, -0.2) is 22.1 Å². The maximum atomic E-state index is 13.0. The number of carbonyl (C=O) groups excluding carboxylic acids is 1. The van der Waals surface area contributed by atoms with Crippen molar-refractivity contribution in [2.45, 2.75) is 0 Å². The van der Waals surface area contributed by atoms with E-state index in [1.807, 2.05) is 66.9 Å². The monoisotopic (exact) mass is 424 g/mol. The van der Waals surface area contributed by atoms with Gasteiger partial charge in [0.25, 0.3) is 5.91 Å². The molecular formula is C25H17ClN4O. The highest BCUT2D eigenvalue weighted by Crippen LogP contribution is 2.26. The van der Waals surface area contributed by atoms with Crippen LogP contribution in [0.1, 0.15) is 15.9 Å². The molecule has 0 spiro atoms. The predicted molar refractivity (Wildman–Crippen MR) is 126 cm³/mol. The van der Waals surface area contributed by atoms with Crippen molar-refractivity contribution in [3.63, 3.8) is 0 Å². The average molecular weight is 425 g/mol. The molecule has 0 fully saturated rings. The Labute approximate surface area is 183 Å². The van der Waals surface area contributed by atoms with Gasteiger partial charge in [0.05, 0.1) is 23.0 Å². The molecule has 0 radical (unpaired) electrons. The van der Waals surface area contributed by atoms with Gasteiger partial charge < -0.3 is 4.98 Å². The standard InChI is InChI=1S/C25H17ClN4O/c26-18-11-9-16(10-12-18)24-13-21(20-6-2-4-8-23(20)29-24)25(31)30-28-15-17-14-27-22-7-3-1-5-19(17)22/h1-15,27H,(H,30,31)/b28-15-. The van der Waals surface area contributed by atoms with Gasteiger partial charge in [-0.05, 0) is 30.3 Å². The number of nitrogens with one attached hydrogen (secondary N) is 2. The summed E-state index contributed by atoms with van der Waals surface area (Å²) in [5, 5.41) is 6.63. The molecule has 2 aromatic heterocycles. The predicted octanol–water partition coefficient (Wildman–Crippen LogP) is 5.80. The quantitative estimate of drug-likeness (QED) is 0.282. The molecule has 0 unspecified atom stereocenters. The molecule has 2 N–H and O–H groups in total. The minimum Gasteiger partial charge on any atom is -0.361 e. The van der Waals surface area contributed by atoms with Crippen LogP contribution in [0.2, 0.25) is 5.02 Å². The van der Waals surface area contributed by atoms with Gasteiger partial charge in [0.1, 0.15) is 0 Å². The lowest BCUT2D eigenvalue weighted by Gasteiger charge is -2.09. The van der Waals surface area contributed by atoms with Gasteiger partial charge in [0, 0.05) is 38.6 Å². The fourth-order valence-corrected chi connectivity index (χ4v) is 3.68. The van der Waals surface area contributed by atoms with E-state index in [0.29, 0.717) is 16.3 Å². The van der Waals surface area contributed by atoms with Crippen LogP contribution in [0.15, 0.2) is 90.2 Å². The van der Waals surface area contributed by atoms with Crippen molar-refractivity contribution in [2.75, 3.05) is 0 Å². The number of para-hydroxylation sites is 2. The van der Waals surface area contributed by atoms with E-state index in [2.05, 4.69) is 15.5 Å². The third kappa shape index (κ3) is 3.79. The average Bonchev–Trinajstić information content (AvgIpc) is 3.22. The highest BCUT2D eigenvalue weighted by Gasteiger charge is 2.13. The lowest BCUT2D eigenvalue weighted by atomic mass is 10.0. The van der Waals surface area contributed by atoms with E-state index in [-0.39, 0.29) is 5.91 Å². The first-order valence-corrected chi connectivity index (χ1v) is 10.1. The molecule has 0 saturated heterocycles. The summed E-state index contributed by atoms with van der Waals surface area (Å²) in [4.78, 5) is 20.9. The highest BCUT2D eigenvalue weighted by atomic mass is 35.5. The Balaban J connectivity index is 1.48. The molecule has 0 atom stereocenters. The van der Waals surface area contributed by atoms with E-state index in [4.69, 9.17) is 16.6 Å². The molecule has 31 heavy (non-hydrogen) atoms. The van der Waals surface area contributed by atoms with Gasteiger partial charge in [0.15, 0.2) is 0 Å². The van der Waals surface area contributed by atoms with Gasteiger partial charge in [-0.25, -0.2) is 10.4 Å². The van der Waals surface area contributed by atoms with Crippen LogP contribution < -0.4 is 5.43 Å². The van der Waals surface area contributed by atoms with E-state index in [1.54, 1.807) is 24.4 Å². The Morgan fingerprint density at radius 1 is 0.968 bits per heavy atom. The Kier molecular flexibility index (Phi) is 4.94. The third-order valence-corrected chi connectivity index (χ3v) is 5.34. The van der Waals surface area contributed by atoms with Crippen molar-refractivity contribution in [3.8, 4) is 11.3 Å². The molecule has 0 aliphatic heterocycles. The fourth-order valence-electron chi connectivity index (χ4n) is 3.55. The summed E-state index contributed by atoms with van der Waals surface area (Å²) < 4.78 is 0. The van der Waals surface area contributed by atoms with Crippen molar-refractivity contribution >= 4 is 45.5 Å². The fraction of sp³-hybridized carbons (Fsp3) is 0. The topological polar surface area (TPSA) is 70.1 Å². The van der Waals surface area contributed by atoms with Gasteiger partial charge >= 0.3 is 0 Å². The summed E-state index contributed by atoms with van der Waals surface area (Å²) in [5.74, 6) is -0.301. The Morgan fingerprint density at radius 3 is 2.55 bits per heavy atom. The van der Waals surface area contributed by atoms with E-state index in [9.17, 15) is 4.79 Å². The number of nitrogens with zero attached hydrogens (tertiary/aromatic N) is 2. The number of fused-ring (bicyclic) bond motifs is 2. The lowest BCUT2D eigenvalue weighted by molar-refractivity contribution is 0.0956. The second-order valence-electron chi connectivity index (χ2n) is 7.07. The van der Waals surface area contributed by atoms with Crippen LogP contribution in [0.3, 0.4) is 0 Å². The number of rotatable bonds is 4. The molecule has 0 aliphatic rings. The number of aromatic nitrogens is 2. The summed E-state index contributed by atoms with van der Waals surface area (Å²) in [6.07, 6.45) is 3.50. The number of aromatic amines is 1. The van der Waals surface area contributed by atoms with Crippen molar-refractivity contribution < 1.29 is 4.79 Å². The van der Waals surface area contributed by atoms with Gasteiger partial charge in [-0.3, -0.25) is 4.79 Å². The molecule has 6 heteroatoms. The Morgan fingerprint density at radius 2 is 1.71 bits per heavy atom. The number of hydrazone groups is 1. The van der Waals surface area contributed by atoms with Crippen molar-refractivity contribution in [1.82, 2.24) is 15.4 Å². The molecule has 5 nitrogen and oxygen atoms in total. The zero-order valence-electron chi connectivity index (χ0n) is 16.3. The minimum absolute atomic E-state index is 0.301. The Bertz CT molecular complexity index is 1440. The summed E-state index contributed by atoms with van der Waals surface area (Å²) >= 11 is 6.01. The van der Waals surface area contributed by atoms with Crippen LogP contribution >= 0.6 is 11.6 Å². The lowest BCUT2D eigenvalue weighted by Crippen LogP contribution is -2.18. The normalized spacial score (nSPS) is 11.4. The number of hydrogen-bond acceptors (Lipinski definition) is 3. The van der Waals surface area contributed by atoms with Crippen LogP contribution in [0.25, 0.3) is 33.1 Å². The number of halogens is 1. The van der Waals surface area contributed by atoms with Crippen molar-refractivity contribution in [3.05, 3.63) is 101 Å². The largest absolute Gasteiger partial charge is 0.361 e. The first kappa shape index (κ1) is 19.0. The van der Waals surface area contributed by atoms with Gasteiger partial charge in [-0.2, -0.15) is 5.10 Å². The van der Waals surface area contributed by atoms with Crippen LogP contribution in [0.5, 0.6) is 0 Å². The summed E-state index contributed by atoms with van der Waals surface area (Å²) in [5.41, 5.74) is 7.39. The number of carbonyl (C=O) groups is 1. The maximum Gasteiger partial charge on any atom is 0.272 e. The molecular weight excluding hydrogens is 408 g/mol. The SMILES string of the molecule is O=C(N/N=C\c1c[nH]c2ccccc12)c1cc(-c2ccc(Cl)cc2)nc2ccccc12. The number of pyridine rings is 1. The molecule has 0 saturated carbocycles. The molecule has 5 rings (SSSR count). The van der Waals surface area contributed by atoms with Gasteiger partial charge in [0.2, 0.25) is 0 Å². The third-order valence-electron chi connectivity index (χ3n) is 5.09. The molecule has 2 heterocycles. The maximum absolute atomic E-state index is 13.0. The molecule has 0 bridgehead atoms. The molecule has 3 aromatic carbocycles. The number of H-pyrrole nitrogens is 1. The number of amides is 1. The first-order valence-electron chi connectivity index (χ1n) is 9.74. The number of benzene rings is 3. The van der Waals surface area contributed by atoms with Gasteiger partial charge in [-0.15, -0.1) is 0 Å². The second kappa shape index (κ2) is 8.05. The van der Waals surface area contributed by atoms with E-state index in [1.165, 1.54) is 0 Å². The Hall–Kier alpha value is -3.96. The number of hydrogen-bond donors (Lipinski definition) is 2. The van der Waals surface area contributed by atoms with Crippen molar-refractivity contribution in [1.29, 1.82) is 0 Å². The van der Waals surface area contributed by atoms with E-state index < -0.39 is 0 Å². The molecule has 150 valence electrons. The van der Waals surface area contributed by atoms with Crippen LogP contribution in [-0.2, 0) is 0 Å². The molecule has 1 amide bonds. The van der Waals surface area contributed by atoms with Crippen molar-refractivity contribution in [2.24, 2.45) is 5.10 Å². The molecule has 0 aliphatic carbocycles. The first-order chi connectivity index (χ1) is 15.2. The smallest absolute Gasteiger partial charge is 0.272 e. The van der Waals surface area contributed by atoms with Crippen LogP contribution in [0, 0.1) is 0 Å².